The van der Waals surface area contributed by atoms with Crippen LogP contribution < -0.4 is 5.73 Å². The highest BCUT2D eigenvalue weighted by atomic mass is 15.4. The van der Waals surface area contributed by atoms with Gasteiger partial charge in [0.25, 0.3) is 0 Å². The molecule has 0 amide bonds. The molecule has 0 atom stereocenters. The summed E-state index contributed by atoms with van der Waals surface area (Å²) in [7, 11) is 0. The van der Waals surface area contributed by atoms with E-state index in [1.165, 1.54) is 0 Å². The van der Waals surface area contributed by atoms with Crippen LogP contribution in [0.1, 0.15) is 36.8 Å². The summed E-state index contributed by atoms with van der Waals surface area (Å²) in [5.41, 5.74) is 7.71. The maximum absolute atomic E-state index is 5.69. The van der Waals surface area contributed by atoms with Crippen LogP contribution in [0, 0.1) is 6.92 Å². The van der Waals surface area contributed by atoms with Crippen LogP contribution in [0.2, 0.25) is 0 Å². The first-order valence-electron chi connectivity index (χ1n) is 6.30. The fourth-order valence-electron chi connectivity index (χ4n) is 1.90. The number of nitrogens with zero attached hydrogens (tertiary/aromatic N) is 4. The summed E-state index contributed by atoms with van der Waals surface area (Å²) in [5, 5.41) is 4.49. The Morgan fingerprint density at radius 3 is 2.56 bits per heavy atom. The van der Waals surface area contributed by atoms with Gasteiger partial charge in [-0.15, -0.1) is 5.10 Å². The van der Waals surface area contributed by atoms with E-state index in [1.807, 2.05) is 30.7 Å². The van der Waals surface area contributed by atoms with Crippen LogP contribution in [-0.4, -0.2) is 19.7 Å². The SMILES string of the molecule is CCc1nc(CC)n(-c2cc(CN)cc(C)n2)n1. The zero-order valence-corrected chi connectivity index (χ0v) is 11.1. The highest BCUT2D eigenvalue weighted by molar-refractivity contribution is 5.31. The van der Waals surface area contributed by atoms with Crippen molar-refractivity contribution in [1.82, 2.24) is 19.7 Å². The van der Waals surface area contributed by atoms with Crippen molar-refractivity contribution in [2.45, 2.75) is 40.2 Å². The predicted octanol–water partition coefficient (Wildman–Crippen LogP) is 1.55. The molecule has 18 heavy (non-hydrogen) atoms. The monoisotopic (exact) mass is 245 g/mol. The Hall–Kier alpha value is -1.75. The van der Waals surface area contributed by atoms with Gasteiger partial charge in [0.1, 0.15) is 5.82 Å². The second-order valence-corrected chi connectivity index (χ2v) is 4.24. The molecule has 0 radical (unpaired) electrons. The van der Waals surface area contributed by atoms with Crippen molar-refractivity contribution in [2.75, 3.05) is 0 Å². The van der Waals surface area contributed by atoms with Gasteiger partial charge in [-0.3, -0.25) is 0 Å². The van der Waals surface area contributed by atoms with Gasteiger partial charge >= 0.3 is 0 Å². The van der Waals surface area contributed by atoms with Gasteiger partial charge in [-0.05, 0) is 24.6 Å². The molecule has 2 N–H and O–H groups in total. The molecule has 0 aliphatic rings. The van der Waals surface area contributed by atoms with Crippen molar-refractivity contribution in [1.29, 1.82) is 0 Å². The number of rotatable bonds is 4. The number of nitrogens with two attached hydrogens (primary N) is 1. The molecule has 0 aromatic carbocycles. The summed E-state index contributed by atoms with van der Waals surface area (Å²) in [6, 6.07) is 3.97. The van der Waals surface area contributed by atoms with Gasteiger partial charge in [-0.1, -0.05) is 13.8 Å². The molecule has 5 heteroatoms. The third-order valence-corrected chi connectivity index (χ3v) is 2.80. The van der Waals surface area contributed by atoms with Crippen molar-refractivity contribution in [3.8, 4) is 5.82 Å². The van der Waals surface area contributed by atoms with Gasteiger partial charge in [-0.25, -0.2) is 9.97 Å². The summed E-state index contributed by atoms with van der Waals surface area (Å²) in [6.07, 6.45) is 1.66. The Bertz CT molecular complexity index is 544. The number of aromatic nitrogens is 4. The van der Waals surface area contributed by atoms with Crippen LogP contribution in [0.5, 0.6) is 0 Å². The van der Waals surface area contributed by atoms with E-state index < -0.39 is 0 Å². The first kappa shape index (κ1) is 12.7. The van der Waals surface area contributed by atoms with Crippen LogP contribution in [0.4, 0.5) is 0 Å². The average Bonchev–Trinajstić information content (AvgIpc) is 2.81. The standard InChI is InChI=1S/C13H19N5/c1-4-11-16-12(5-2)18(17-11)13-7-10(8-14)6-9(3)15-13/h6-7H,4-5,8,14H2,1-3H3. The zero-order valence-electron chi connectivity index (χ0n) is 11.1. The summed E-state index contributed by atoms with van der Waals surface area (Å²) in [6.45, 7) is 6.59. The maximum atomic E-state index is 5.69. The molecule has 0 bridgehead atoms. The Morgan fingerprint density at radius 1 is 1.17 bits per heavy atom. The van der Waals surface area contributed by atoms with E-state index in [2.05, 4.69) is 22.0 Å². The van der Waals surface area contributed by atoms with E-state index in [9.17, 15) is 0 Å². The molecule has 0 aliphatic heterocycles. The zero-order chi connectivity index (χ0) is 13.1. The summed E-state index contributed by atoms with van der Waals surface area (Å²) < 4.78 is 1.82. The van der Waals surface area contributed by atoms with Gasteiger partial charge in [0.2, 0.25) is 0 Å². The fourth-order valence-corrected chi connectivity index (χ4v) is 1.90. The van der Waals surface area contributed by atoms with Gasteiger partial charge < -0.3 is 5.73 Å². The summed E-state index contributed by atoms with van der Waals surface area (Å²) in [4.78, 5) is 9.00. The lowest BCUT2D eigenvalue weighted by Gasteiger charge is -2.07. The molecule has 0 aliphatic carbocycles. The van der Waals surface area contributed by atoms with E-state index in [4.69, 9.17) is 5.73 Å². The van der Waals surface area contributed by atoms with E-state index in [0.717, 1.165) is 41.6 Å². The van der Waals surface area contributed by atoms with Crippen LogP contribution in [-0.2, 0) is 19.4 Å². The molecule has 0 unspecified atom stereocenters. The van der Waals surface area contributed by atoms with Gasteiger partial charge in [0.05, 0.1) is 0 Å². The Labute approximate surface area is 107 Å². The van der Waals surface area contributed by atoms with E-state index in [1.54, 1.807) is 0 Å². The van der Waals surface area contributed by atoms with E-state index in [0.29, 0.717) is 6.54 Å². The van der Waals surface area contributed by atoms with Crippen molar-refractivity contribution < 1.29 is 0 Å². The Morgan fingerprint density at radius 2 is 1.94 bits per heavy atom. The fraction of sp³-hybridized carbons (Fsp3) is 0.462. The Kier molecular flexibility index (Phi) is 3.72. The minimum absolute atomic E-state index is 0.507. The lowest BCUT2D eigenvalue weighted by Crippen LogP contribution is -2.07. The third-order valence-electron chi connectivity index (χ3n) is 2.80. The average molecular weight is 245 g/mol. The minimum Gasteiger partial charge on any atom is -0.326 e. The molecule has 96 valence electrons. The number of hydrogen-bond acceptors (Lipinski definition) is 4. The predicted molar refractivity (Wildman–Crippen MR) is 70.5 cm³/mol. The van der Waals surface area contributed by atoms with Crippen molar-refractivity contribution in [3.05, 3.63) is 35.0 Å². The molecule has 2 rings (SSSR count). The van der Waals surface area contributed by atoms with Crippen LogP contribution in [0.3, 0.4) is 0 Å². The minimum atomic E-state index is 0.507. The third kappa shape index (κ3) is 2.41. The second kappa shape index (κ2) is 5.27. The molecular formula is C13H19N5. The Balaban J connectivity index is 2.53. The first-order valence-corrected chi connectivity index (χ1v) is 6.30. The highest BCUT2D eigenvalue weighted by Crippen LogP contribution is 2.12. The normalized spacial score (nSPS) is 10.9. The van der Waals surface area contributed by atoms with Gasteiger partial charge in [0.15, 0.2) is 11.6 Å². The first-order chi connectivity index (χ1) is 8.67. The van der Waals surface area contributed by atoms with Crippen molar-refractivity contribution in [2.24, 2.45) is 5.73 Å². The van der Waals surface area contributed by atoms with Crippen molar-refractivity contribution >= 4 is 0 Å². The second-order valence-electron chi connectivity index (χ2n) is 4.24. The van der Waals surface area contributed by atoms with Crippen molar-refractivity contribution in [3.63, 3.8) is 0 Å². The van der Waals surface area contributed by atoms with Crippen LogP contribution in [0.25, 0.3) is 5.82 Å². The lowest BCUT2D eigenvalue weighted by atomic mass is 10.2. The molecule has 0 saturated heterocycles. The molecular weight excluding hydrogens is 226 g/mol. The van der Waals surface area contributed by atoms with Crippen LogP contribution in [0.15, 0.2) is 12.1 Å². The molecule has 2 heterocycles. The highest BCUT2D eigenvalue weighted by Gasteiger charge is 2.11. The number of hydrogen-bond donors (Lipinski definition) is 1. The molecule has 5 nitrogen and oxygen atoms in total. The summed E-state index contributed by atoms with van der Waals surface area (Å²) >= 11 is 0. The topological polar surface area (TPSA) is 69.6 Å². The quantitative estimate of drug-likeness (QED) is 0.887. The van der Waals surface area contributed by atoms with Gasteiger partial charge in [0, 0.05) is 25.1 Å². The van der Waals surface area contributed by atoms with E-state index >= 15 is 0 Å². The molecule has 2 aromatic rings. The smallest absolute Gasteiger partial charge is 0.156 e. The summed E-state index contributed by atoms with van der Waals surface area (Å²) in [5.74, 6) is 2.59. The number of aryl methyl sites for hydroxylation is 3. The molecule has 0 fully saturated rings. The van der Waals surface area contributed by atoms with E-state index in [-0.39, 0.29) is 0 Å². The molecule has 0 saturated carbocycles. The molecule has 2 aromatic heterocycles. The molecule has 0 spiro atoms. The number of pyridine rings is 1. The maximum Gasteiger partial charge on any atom is 0.156 e. The van der Waals surface area contributed by atoms with Gasteiger partial charge in [-0.2, -0.15) is 4.68 Å². The van der Waals surface area contributed by atoms with Crippen LogP contribution >= 0.6 is 0 Å². The largest absolute Gasteiger partial charge is 0.326 e. The lowest BCUT2D eigenvalue weighted by molar-refractivity contribution is 0.763.